The highest BCUT2D eigenvalue weighted by Gasteiger charge is 2.61. The molecule has 1 saturated heterocycles. The van der Waals surface area contributed by atoms with Gasteiger partial charge in [-0.2, -0.15) is 0 Å². The topological polar surface area (TPSA) is 145 Å². The summed E-state index contributed by atoms with van der Waals surface area (Å²) in [6.45, 7) is 4.54. The number of pyridine rings is 1. The monoisotopic (exact) mass is 748 g/mol. The Balaban J connectivity index is 1.17. The first-order valence-electron chi connectivity index (χ1n) is 18.6. The summed E-state index contributed by atoms with van der Waals surface area (Å²) in [5.74, 6) is 0.496. The minimum absolute atomic E-state index is 0.107. The van der Waals surface area contributed by atoms with E-state index < -0.39 is 38.7 Å². The van der Waals surface area contributed by atoms with Gasteiger partial charge in [-0.1, -0.05) is 38.8 Å². The number of ether oxygens (including phenoxy) is 2. The molecule has 3 aromatic rings. The molecule has 0 spiro atoms. The Bertz CT molecular complexity index is 1990. The normalized spacial score (nSPS) is 26.3. The average molecular weight is 749 g/mol. The number of nitrogens with zero attached hydrogens (tertiary/aromatic N) is 3. The molecule has 4 atom stereocenters. The number of methoxy groups -OCH3 is 1. The lowest BCUT2D eigenvalue weighted by molar-refractivity contribution is -0.139. The fraction of sp³-hybridized carbons (Fsp3) is 0.564. The van der Waals surface area contributed by atoms with Crippen molar-refractivity contribution in [1.29, 1.82) is 0 Å². The molecule has 2 saturated carbocycles. The number of thiazole rings is 1. The molecule has 2 aromatic heterocycles. The first-order chi connectivity index (χ1) is 25.0. The summed E-state index contributed by atoms with van der Waals surface area (Å²) in [5, 5.41) is 3.25. The molecule has 1 N–H and O–H groups in total. The molecule has 0 unspecified atom stereocenters. The van der Waals surface area contributed by atoms with Gasteiger partial charge < -0.3 is 14.4 Å². The number of fused-ring (bicyclic) bond motifs is 3. The van der Waals surface area contributed by atoms with E-state index in [1.807, 2.05) is 35.7 Å². The van der Waals surface area contributed by atoms with Crippen molar-refractivity contribution in [3.05, 3.63) is 46.8 Å². The Morgan fingerprint density at radius 1 is 1.10 bits per heavy atom. The first-order valence-corrected chi connectivity index (χ1v) is 21.0. The van der Waals surface area contributed by atoms with E-state index in [1.54, 1.807) is 23.3 Å². The fourth-order valence-corrected chi connectivity index (χ4v) is 9.98. The Kier molecular flexibility index (Phi) is 10.5. The number of benzene rings is 1. The number of carbonyl (C=O) groups is 3. The summed E-state index contributed by atoms with van der Waals surface area (Å²) in [7, 11) is -2.18. The number of hydrogen-bond acceptors (Lipinski definition) is 10. The van der Waals surface area contributed by atoms with Crippen LogP contribution in [0.3, 0.4) is 0 Å². The molecule has 2 amide bonds. The number of hydrogen-bond donors (Lipinski definition) is 1. The largest absolute Gasteiger partial charge is 0.497 e. The van der Waals surface area contributed by atoms with Gasteiger partial charge in [0.15, 0.2) is 5.78 Å². The van der Waals surface area contributed by atoms with Crippen LogP contribution < -0.4 is 14.2 Å². The molecule has 0 bridgehead atoms. The van der Waals surface area contributed by atoms with Crippen LogP contribution in [0.25, 0.3) is 22.3 Å². The van der Waals surface area contributed by atoms with Crippen LogP contribution in [0, 0.1) is 17.3 Å². The van der Waals surface area contributed by atoms with Crippen LogP contribution in [0.15, 0.2) is 41.8 Å². The summed E-state index contributed by atoms with van der Waals surface area (Å²) in [5.41, 5.74) is 0.928. The van der Waals surface area contributed by atoms with Crippen molar-refractivity contribution in [3.63, 3.8) is 0 Å². The quantitative estimate of drug-likeness (QED) is 0.246. The third-order valence-electron chi connectivity index (χ3n) is 10.8. The zero-order chi connectivity index (χ0) is 36.6. The van der Waals surface area contributed by atoms with E-state index in [1.165, 1.54) is 0 Å². The average Bonchev–Trinajstić information content (AvgIpc) is 3.99. The number of carbonyl (C=O) groups excluding carboxylic acids is 3. The van der Waals surface area contributed by atoms with Gasteiger partial charge in [-0.15, -0.1) is 11.3 Å². The van der Waals surface area contributed by atoms with Crippen molar-refractivity contribution in [1.82, 2.24) is 19.6 Å². The standard InChI is InChI=1S/C39H48N4O7S2/c1-24(2)16-36-41-32(23-51-36)31-19-35(29-15-12-26(49-3)17-30(29)40-31)50-27-18-33-34(44)21-39(38(46)42-52(47,48)28-13-14-28)20-25(39)10-8-6-4-5-7-9-11-37(45)43(33)22-27/h8,10,12,15,17,19,23-25,27-28,33H,4-7,9,11,13-14,16,18,20-22H2,1-3H3,(H,42,46)/b10-8-/t25-,27+,33-,39+/m0/s1. The second-order valence-electron chi connectivity index (χ2n) is 15.3. The Hall–Kier alpha value is -3.84. The number of sulfonamides is 1. The smallest absolute Gasteiger partial charge is 0.240 e. The zero-order valence-electron chi connectivity index (χ0n) is 30.1. The Labute approximate surface area is 309 Å². The molecule has 278 valence electrons. The molecule has 1 aromatic carbocycles. The number of ketones is 1. The van der Waals surface area contributed by atoms with Crippen molar-refractivity contribution in [2.75, 3.05) is 13.7 Å². The maximum atomic E-state index is 14.3. The van der Waals surface area contributed by atoms with E-state index >= 15 is 0 Å². The van der Waals surface area contributed by atoms with Gasteiger partial charge in [-0.25, -0.2) is 18.4 Å². The SMILES string of the molecule is COc1ccc2c(O[C@@H]3C[C@H]4C(=O)C[C@]5(C(=O)NS(=O)(=O)C6CC6)C[C@@H]5/C=C\CCCCCCC(=O)N4C3)cc(-c3csc(CC(C)C)n3)nc2c1. The lowest BCUT2D eigenvalue weighted by Gasteiger charge is -2.25. The summed E-state index contributed by atoms with van der Waals surface area (Å²) >= 11 is 1.60. The highest BCUT2D eigenvalue weighted by Crippen LogP contribution is 2.57. The summed E-state index contributed by atoms with van der Waals surface area (Å²) in [4.78, 5) is 53.2. The van der Waals surface area contributed by atoms with Gasteiger partial charge in [-0.05, 0) is 62.5 Å². The maximum Gasteiger partial charge on any atom is 0.240 e. The minimum Gasteiger partial charge on any atom is -0.497 e. The third-order valence-corrected chi connectivity index (χ3v) is 13.5. The van der Waals surface area contributed by atoms with Crippen LogP contribution in [0.1, 0.15) is 89.5 Å². The predicted octanol–water partition coefficient (Wildman–Crippen LogP) is 6.40. The van der Waals surface area contributed by atoms with Gasteiger partial charge in [0.25, 0.3) is 0 Å². The van der Waals surface area contributed by atoms with E-state index in [9.17, 15) is 22.8 Å². The number of amides is 2. The van der Waals surface area contributed by atoms with Gasteiger partial charge in [0.1, 0.15) is 17.6 Å². The van der Waals surface area contributed by atoms with E-state index in [2.05, 4.69) is 24.6 Å². The number of Topliss-reactive ketones (excluding diaryl/α,β-unsaturated/α-hetero) is 1. The van der Waals surface area contributed by atoms with E-state index in [4.69, 9.17) is 19.4 Å². The molecule has 2 aliphatic heterocycles. The van der Waals surface area contributed by atoms with Gasteiger partial charge in [-0.3, -0.25) is 19.1 Å². The van der Waals surface area contributed by atoms with Gasteiger partial charge in [0, 0.05) is 48.6 Å². The van der Waals surface area contributed by atoms with Crippen molar-refractivity contribution in [3.8, 4) is 22.9 Å². The summed E-state index contributed by atoms with van der Waals surface area (Å²) < 4.78 is 40.1. The highest BCUT2D eigenvalue weighted by atomic mass is 32.2. The molecule has 3 fully saturated rings. The van der Waals surface area contributed by atoms with E-state index in [-0.39, 0.29) is 37.0 Å². The van der Waals surface area contributed by atoms with Crippen molar-refractivity contribution < 1.29 is 32.3 Å². The van der Waals surface area contributed by atoms with Crippen LogP contribution in [-0.2, 0) is 30.8 Å². The molecule has 52 heavy (non-hydrogen) atoms. The van der Waals surface area contributed by atoms with E-state index in [0.29, 0.717) is 54.3 Å². The van der Waals surface area contributed by atoms with Gasteiger partial charge >= 0.3 is 0 Å². The van der Waals surface area contributed by atoms with Crippen molar-refractivity contribution in [2.45, 2.75) is 108 Å². The maximum absolute atomic E-state index is 14.3. The number of nitrogens with one attached hydrogen (secondary N) is 1. The molecule has 4 heterocycles. The molecular formula is C39H48N4O7S2. The summed E-state index contributed by atoms with van der Waals surface area (Å²) in [6.07, 6.45) is 10.7. The Morgan fingerprint density at radius 3 is 2.67 bits per heavy atom. The third kappa shape index (κ3) is 7.90. The van der Waals surface area contributed by atoms with Crippen LogP contribution in [0.2, 0.25) is 0 Å². The second kappa shape index (κ2) is 14.9. The van der Waals surface area contributed by atoms with Crippen LogP contribution in [0.4, 0.5) is 0 Å². The van der Waals surface area contributed by atoms with Crippen molar-refractivity contribution in [2.24, 2.45) is 17.3 Å². The van der Waals surface area contributed by atoms with E-state index in [0.717, 1.165) is 54.6 Å². The van der Waals surface area contributed by atoms with Gasteiger partial charge in [0.2, 0.25) is 21.8 Å². The lowest BCUT2D eigenvalue weighted by Crippen LogP contribution is -2.44. The van der Waals surface area contributed by atoms with Gasteiger partial charge in [0.05, 0.1) is 52.3 Å². The van der Waals surface area contributed by atoms with Crippen molar-refractivity contribution >= 4 is 49.9 Å². The van der Waals surface area contributed by atoms with Crippen LogP contribution >= 0.6 is 11.3 Å². The number of rotatable bonds is 9. The lowest BCUT2D eigenvalue weighted by atomic mass is 9.91. The Morgan fingerprint density at radius 2 is 1.90 bits per heavy atom. The number of allylic oxidation sites excluding steroid dienone is 2. The molecule has 11 nitrogen and oxygen atoms in total. The highest BCUT2D eigenvalue weighted by molar-refractivity contribution is 7.90. The predicted molar refractivity (Wildman–Crippen MR) is 200 cm³/mol. The number of aromatic nitrogens is 2. The molecule has 4 aliphatic rings. The summed E-state index contributed by atoms with van der Waals surface area (Å²) in [6, 6.07) is 6.69. The molecule has 13 heteroatoms. The molecule has 2 aliphatic carbocycles. The van der Waals surface area contributed by atoms with Crippen LogP contribution in [-0.4, -0.2) is 71.9 Å². The second-order valence-corrected chi connectivity index (χ2v) is 18.2. The zero-order valence-corrected chi connectivity index (χ0v) is 31.8. The molecule has 7 rings (SSSR count). The fourth-order valence-electron chi connectivity index (χ4n) is 7.59. The minimum atomic E-state index is -3.79. The molecule has 0 radical (unpaired) electrons. The van der Waals surface area contributed by atoms with Crippen LogP contribution in [0.5, 0.6) is 11.5 Å². The first kappa shape index (κ1) is 36.5. The molecular weight excluding hydrogens is 701 g/mol.